The number of carbonyl (C=O) groups excluding carboxylic acids is 1. The Labute approximate surface area is 192 Å². The van der Waals surface area contributed by atoms with E-state index in [1.54, 1.807) is 17.0 Å². The van der Waals surface area contributed by atoms with Crippen molar-refractivity contribution in [1.82, 2.24) is 19.9 Å². The molecule has 1 fully saturated rings. The van der Waals surface area contributed by atoms with Gasteiger partial charge in [0.15, 0.2) is 6.61 Å². The number of hydrogen-bond acceptors (Lipinski definition) is 6. The number of aromatic nitrogens is 2. The lowest BCUT2D eigenvalue weighted by molar-refractivity contribution is -0.137. The van der Waals surface area contributed by atoms with Gasteiger partial charge in [0.1, 0.15) is 5.75 Å². The second-order valence-corrected chi connectivity index (χ2v) is 7.93. The van der Waals surface area contributed by atoms with Crippen molar-refractivity contribution in [1.29, 1.82) is 0 Å². The molecular formula is C22H20ClF3N4O3. The van der Waals surface area contributed by atoms with Crippen LogP contribution in [0.3, 0.4) is 0 Å². The molecule has 4 rings (SSSR count). The van der Waals surface area contributed by atoms with Gasteiger partial charge in [0.05, 0.1) is 12.1 Å². The predicted octanol–water partition coefficient (Wildman–Crippen LogP) is 4.13. The molecule has 1 amide bonds. The second-order valence-electron chi connectivity index (χ2n) is 7.49. The van der Waals surface area contributed by atoms with E-state index in [0.717, 1.165) is 17.7 Å². The van der Waals surface area contributed by atoms with E-state index >= 15 is 0 Å². The van der Waals surface area contributed by atoms with Crippen LogP contribution in [0.4, 0.5) is 13.2 Å². The van der Waals surface area contributed by atoms with Gasteiger partial charge in [0.2, 0.25) is 11.7 Å². The maximum atomic E-state index is 12.8. The lowest BCUT2D eigenvalue weighted by Gasteiger charge is -2.33. The summed E-state index contributed by atoms with van der Waals surface area (Å²) in [6.07, 6.45) is -4.46. The van der Waals surface area contributed by atoms with Gasteiger partial charge in [0.25, 0.3) is 5.91 Å². The Morgan fingerprint density at radius 3 is 2.52 bits per heavy atom. The zero-order chi connectivity index (χ0) is 23.4. The molecule has 33 heavy (non-hydrogen) atoms. The number of amides is 1. The molecule has 1 aliphatic heterocycles. The van der Waals surface area contributed by atoms with Crippen molar-refractivity contribution < 1.29 is 27.2 Å². The van der Waals surface area contributed by atoms with Crippen LogP contribution in [0.1, 0.15) is 11.5 Å². The van der Waals surface area contributed by atoms with Gasteiger partial charge in [-0.25, -0.2) is 0 Å². The molecule has 2 heterocycles. The molecule has 0 unspecified atom stereocenters. The molecule has 1 aromatic heterocycles. The summed E-state index contributed by atoms with van der Waals surface area (Å²) in [4.78, 5) is 20.5. The van der Waals surface area contributed by atoms with E-state index in [0.29, 0.717) is 49.5 Å². The zero-order valence-electron chi connectivity index (χ0n) is 17.4. The first-order valence-corrected chi connectivity index (χ1v) is 10.5. The fraction of sp³-hybridized carbons (Fsp3) is 0.318. The van der Waals surface area contributed by atoms with Gasteiger partial charge in [-0.2, -0.15) is 18.2 Å². The SMILES string of the molecule is O=C(COc1cccc(C(F)(F)F)c1)N1CCN(Cc2nc(-c3ccc(Cl)cc3)no2)CC1. The molecule has 7 nitrogen and oxygen atoms in total. The van der Waals surface area contributed by atoms with E-state index in [9.17, 15) is 18.0 Å². The number of piperazine rings is 1. The molecule has 3 aromatic rings. The number of ether oxygens (including phenoxy) is 1. The first-order valence-electron chi connectivity index (χ1n) is 10.2. The molecule has 0 radical (unpaired) electrons. The van der Waals surface area contributed by atoms with Crippen molar-refractivity contribution in [2.24, 2.45) is 0 Å². The minimum absolute atomic E-state index is 0.00435. The second kappa shape index (κ2) is 9.80. The van der Waals surface area contributed by atoms with Crippen LogP contribution in [0, 0.1) is 0 Å². The van der Waals surface area contributed by atoms with Crippen LogP contribution in [0.15, 0.2) is 53.1 Å². The van der Waals surface area contributed by atoms with Crippen LogP contribution in [0.5, 0.6) is 5.75 Å². The maximum absolute atomic E-state index is 12.8. The topological polar surface area (TPSA) is 71.7 Å². The molecular weight excluding hydrogens is 461 g/mol. The van der Waals surface area contributed by atoms with E-state index in [-0.39, 0.29) is 18.3 Å². The van der Waals surface area contributed by atoms with Gasteiger partial charge in [0, 0.05) is 36.8 Å². The summed E-state index contributed by atoms with van der Waals surface area (Å²) in [5.74, 6) is 0.661. The van der Waals surface area contributed by atoms with Gasteiger partial charge in [-0.05, 0) is 42.5 Å². The van der Waals surface area contributed by atoms with Crippen molar-refractivity contribution in [3.63, 3.8) is 0 Å². The highest BCUT2D eigenvalue weighted by Crippen LogP contribution is 2.31. The molecule has 0 N–H and O–H groups in total. The number of carbonyl (C=O) groups is 1. The summed E-state index contributed by atoms with van der Waals surface area (Å²) in [6, 6.07) is 11.6. The molecule has 11 heteroatoms. The molecule has 0 bridgehead atoms. The third-order valence-electron chi connectivity index (χ3n) is 5.18. The van der Waals surface area contributed by atoms with Crippen LogP contribution in [0.25, 0.3) is 11.4 Å². The minimum Gasteiger partial charge on any atom is -0.484 e. The van der Waals surface area contributed by atoms with E-state index in [4.69, 9.17) is 20.9 Å². The highest BCUT2D eigenvalue weighted by Gasteiger charge is 2.30. The van der Waals surface area contributed by atoms with Crippen LogP contribution in [-0.4, -0.2) is 58.6 Å². The van der Waals surface area contributed by atoms with E-state index in [2.05, 4.69) is 15.0 Å². The molecule has 0 atom stereocenters. The number of hydrogen-bond donors (Lipinski definition) is 0. The average Bonchev–Trinajstić information content (AvgIpc) is 3.26. The van der Waals surface area contributed by atoms with E-state index in [1.165, 1.54) is 12.1 Å². The summed E-state index contributed by atoms with van der Waals surface area (Å²) in [5.41, 5.74) is -0.0214. The standard InChI is InChI=1S/C22H20ClF3N4O3/c23-17-6-4-15(5-7-17)21-27-19(33-28-21)13-29-8-10-30(11-9-29)20(31)14-32-18-3-1-2-16(12-18)22(24,25)26/h1-7,12H,8-11,13-14H2. The summed E-state index contributed by atoms with van der Waals surface area (Å²) >= 11 is 5.89. The smallest absolute Gasteiger partial charge is 0.416 e. The highest BCUT2D eigenvalue weighted by molar-refractivity contribution is 6.30. The molecule has 2 aromatic carbocycles. The fourth-order valence-corrected chi connectivity index (χ4v) is 3.51. The predicted molar refractivity (Wildman–Crippen MR) is 114 cm³/mol. The van der Waals surface area contributed by atoms with Crippen molar-refractivity contribution in [3.8, 4) is 17.1 Å². The van der Waals surface area contributed by atoms with Gasteiger partial charge >= 0.3 is 6.18 Å². The van der Waals surface area contributed by atoms with Crippen molar-refractivity contribution in [2.75, 3.05) is 32.8 Å². The van der Waals surface area contributed by atoms with E-state index in [1.807, 2.05) is 12.1 Å². The van der Waals surface area contributed by atoms with Crippen molar-refractivity contribution in [2.45, 2.75) is 12.7 Å². The molecule has 174 valence electrons. The van der Waals surface area contributed by atoms with Gasteiger partial charge in [-0.1, -0.05) is 22.8 Å². The summed E-state index contributed by atoms with van der Waals surface area (Å²) < 4.78 is 49.0. The highest BCUT2D eigenvalue weighted by atomic mass is 35.5. The Hall–Kier alpha value is -3.11. The summed E-state index contributed by atoms with van der Waals surface area (Å²) in [6.45, 7) is 2.23. The molecule has 1 aliphatic rings. The third kappa shape index (κ3) is 6.02. The number of alkyl halides is 3. The largest absolute Gasteiger partial charge is 0.484 e. The normalized spacial score (nSPS) is 15.0. The number of rotatable bonds is 6. The summed E-state index contributed by atoms with van der Waals surface area (Å²) in [5, 5.41) is 4.61. The van der Waals surface area contributed by atoms with Gasteiger partial charge in [-0.15, -0.1) is 0 Å². The van der Waals surface area contributed by atoms with Gasteiger partial charge < -0.3 is 14.2 Å². The van der Waals surface area contributed by atoms with Crippen molar-refractivity contribution >= 4 is 17.5 Å². The summed E-state index contributed by atoms with van der Waals surface area (Å²) in [7, 11) is 0. The van der Waals surface area contributed by atoms with Crippen molar-refractivity contribution in [3.05, 3.63) is 65.0 Å². The molecule has 1 saturated heterocycles. The third-order valence-corrected chi connectivity index (χ3v) is 5.43. The lowest BCUT2D eigenvalue weighted by Crippen LogP contribution is -2.49. The first-order chi connectivity index (χ1) is 15.8. The monoisotopic (exact) mass is 480 g/mol. The lowest BCUT2D eigenvalue weighted by atomic mass is 10.2. The first kappa shape index (κ1) is 23.1. The number of halogens is 4. The van der Waals surface area contributed by atoms with Crippen LogP contribution < -0.4 is 4.74 Å². The molecule has 0 spiro atoms. The Kier molecular flexibility index (Phi) is 6.85. The number of nitrogens with zero attached hydrogens (tertiary/aromatic N) is 4. The Balaban J connectivity index is 1.24. The Morgan fingerprint density at radius 1 is 1.09 bits per heavy atom. The maximum Gasteiger partial charge on any atom is 0.416 e. The fourth-order valence-electron chi connectivity index (χ4n) is 3.38. The average molecular weight is 481 g/mol. The molecule has 0 aliphatic carbocycles. The Morgan fingerprint density at radius 2 is 1.82 bits per heavy atom. The van der Waals surface area contributed by atoms with Crippen LogP contribution in [0.2, 0.25) is 5.02 Å². The Bertz CT molecular complexity index is 1100. The van der Waals surface area contributed by atoms with Crippen LogP contribution >= 0.6 is 11.6 Å². The van der Waals surface area contributed by atoms with Crippen LogP contribution in [-0.2, 0) is 17.5 Å². The molecule has 0 saturated carbocycles. The van der Waals surface area contributed by atoms with E-state index < -0.39 is 11.7 Å². The number of benzene rings is 2. The van der Waals surface area contributed by atoms with Gasteiger partial charge in [-0.3, -0.25) is 9.69 Å². The zero-order valence-corrected chi connectivity index (χ0v) is 18.1. The quantitative estimate of drug-likeness (QED) is 0.528. The minimum atomic E-state index is -4.46.